The van der Waals surface area contributed by atoms with Crippen LogP contribution < -0.4 is 5.32 Å². The number of fused-ring (bicyclic) bond motifs is 1. The molecular formula is C10H11N3O2. The average Bonchev–Trinajstić information content (AvgIpc) is 2.52. The summed E-state index contributed by atoms with van der Waals surface area (Å²) in [6, 6.07) is 4.75. The van der Waals surface area contributed by atoms with Crippen molar-refractivity contribution >= 4 is 16.8 Å². The monoisotopic (exact) mass is 205 g/mol. The van der Waals surface area contributed by atoms with Gasteiger partial charge in [0.2, 0.25) is 0 Å². The molecule has 0 bridgehead atoms. The Hall–Kier alpha value is -2.04. The number of carbonyl (C=O) groups is 1. The highest BCUT2D eigenvalue weighted by molar-refractivity contribution is 6.05. The summed E-state index contributed by atoms with van der Waals surface area (Å²) < 4.78 is 1.50. The molecule has 1 amide bonds. The predicted molar refractivity (Wildman–Crippen MR) is 55.8 cm³/mol. The zero-order chi connectivity index (χ0) is 11.0. The van der Waals surface area contributed by atoms with Crippen molar-refractivity contribution in [1.29, 1.82) is 0 Å². The minimum absolute atomic E-state index is 0.143. The van der Waals surface area contributed by atoms with Crippen molar-refractivity contribution < 1.29 is 9.90 Å². The SMILES string of the molecule is CNC(=O)c1c2ccc(O)cc2nn1C. The van der Waals surface area contributed by atoms with Crippen LogP contribution in [-0.2, 0) is 7.05 Å². The van der Waals surface area contributed by atoms with E-state index in [1.165, 1.54) is 16.8 Å². The molecule has 5 nitrogen and oxygen atoms in total. The maximum atomic E-state index is 11.6. The molecule has 0 aliphatic carbocycles. The molecule has 0 aliphatic rings. The first kappa shape index (κ1) is 9.51. The number of nitrogens with one attached hydrogen (secondary N) is 1. The molecule has 2 rings (SSSR count). The molecular weight excluding hydrogens is 194 g/mol. The highest BCUT2D eigenvalue weighted by atomic mass is 16.3. The third-order valence-electron chi connectivity index (χ3n) is 2.26. The Balaban J connectivity index is 2.73. The quantitative estimate of drug-likeness (QED) is 0.717. The first-order chi connectivity index (χ1) is 7.13. The molecule has 5 heteroatoms. The number of benzene rings is 1. The van der Waals surface area contributed by atoms with E-state index in [1.54, 1.807) is 20.2 Å². The molecule has 0 aliphatic heterocycles. The van der Waals surface area contributed by atoms with Gasteiger partial charge in [0.25, 0.3) is 5.91 Å². The van der Waals surface area contributed by atoms with Crippen molar-refractivity contribution in [3.63, 3.8) is 0 Å². The van der Waals surface area contributed by atoms with Crippen LogP contribution in [0.5, 0.6) is 5.75 Å². The minimum Gasteiger partial charge on any atom is -0.508 e. The maximum Gasteiger partial charge on any atom is 0.269 e. The fourth-order valence-corrected chi connectivity index (χ4v) is 1.58. The van der Waals surface area contributed by atoms with E-state index in [0.29, 0.717) is 11.2 Å². The fraction of sp³-hybridized carbons (Fsp3) is 0.200. The van der Waals surface area contributed by atoms with Crippen LogP contribution >= 0.6 is 0 Å². The number of hydrogen-bond acceptors (Lipinski definition) is 3. The Morgan fingerprint density at radius 3 is 2.93 bits per heavy atom. The highest BCUT2D eigenvalue weighted by Gasteiger charge is 2.15. The highest BCUT2D eigenvalue weighted by Crippen LogP contribution is 2.21. The van der Waals surface area contributed by atoms with Crippen molar-refractivity contribution in [3.05, 3.63) is 23.9 Å². The van der Waals surface area contributed by atoms with Gasteiger partial charge in [-0.2, -0.15) is 5.10 Å². The summed E-state index contributed by atoms with van der Waals surface area (Å²) in [4.78, 5) is 11.6. The number of carbonyl (C=O) groups excluding carboxylic acids is 1. The zero-order valence-electron chi connectivity index (χ0n) is 8.48. The molecule has 1 aromatic heterocycles. The van der Waals surface area contributed by atoms with E-state index < -0.39 is 0 Å². The molecule has 0 saturated carbocycles. The van der Waals surface area contributed by atoms with Gasteiger partial charge in [-0.1, -0.05) is 0 Å². The number of rotatable bonds is 1. The fourth-order valence-electron chi connectivity index (χ4n) is 1.58. The Labute approximate surface area is 86.3 Å². The van der Waals surface area contributed by atoms with Gasteiger partial charge in [0.15, 0.2) is 0 Å². The van der Waals surface area contributed by atoms with Crippen LogP contribution in [0, 0.1) is 0 Å². The molecule has 1 heterocycles. The lowest BCUT2D eigenvalue weighted by Crippen LogP contribution is -2.21. The first-order valence-electron chi connectivity index (χ1n) is 4.51. The zero-order valence-corrected chi connectivity index (χ0v) is 8.48. The molecule has 78 valence electrons. The van der Waals surface area contributed by atoms with E-state index in [4.69, 9.17) is 0 Å². The van der Waals surface area contributed by atoms with Gasteiger partial charge in [-0.3, -0.25) is 9.48 Å². The van der Waals surface area contributed by atoms with Gasteiger partial charge in [-0.25, -0.2) is 0 Å². The van der Waals surface area contributed by atoms with Crippen molar-refractivity contribution in [2.75, 3.05) is 7.05 Å². The largest absolute Gasteiger partial charge is 0.508 e. The van der Waals surface area contributed by atoms with Gasteiger partial charge in [0.1, 0.15) is 11.4 Å². The van der Waals surface area contributed by atoms with Crippen LogP contribution in [0.1, 0.15) is 10.5 Å². The van der Waals surface area contributed by atoms with E-state index in [0.717, 1.165) is 5.39 Å². The Kier molecular flexibility index (Phi) is 2.07. The number of hydrogen-bond donors (Lipinski definition) is 2. The minimum atomic E-state index is -0.189. The van der Waals surface area contributed by atoms with Crippen molar-refractivity contribution in [3.8, 4) is 5.75 Å². The summed E-state index contributed by atoms with van der Waals surface area (Å²) in [5.41, 5.74) is 1.10. The van der Waals surface area contributed by atoms with E-state index in [9.17, 15) is 9.90 Å². The summed E-state index contributed by atoms with van der Waals surface area (Å²) in [5.74, 6) is -0.0465. The summed E-state index contributed by atoms with van der Waals surface area (Å²) in [6.45, 7) is 0. The van der Waals surface area contributed by atoms with Crippen LogP contribution in [0.4, 0.5) is 0 Å². The van der Waals surface area contributed by atoms with Gasteiger partial charge in [0, 0.05) is 25.5 Å². The molecule has 0 saturated heterocycles. The van der Waals surface area contributed by atoms with Gasteiger partial charge in [0.05, 0.1) is 5.52 Å². The molecule has 1 aromatic carbocycles. The number of phenolic OH excluding ortho intramolecular Hbond substituents is 1. The van der Waals surface area contributed by atoms with Gasteiger partial charge in [-0.05, 0) is 12.1 Å². The number of phenols is 1. The van der Waals surface area contributed by atoms with Crippen LogP contribution in [-0.4, -0.2) is 27.8 Å². The molecule has 0 unspecified atom stereocenters. The summed E-state index contributed by atoms with van der Waals surface area (Å²) in [7, 11) is 3.27. The second kappa shape index (κ2) is 3.27. The number of aromatic nitrogens is 2. The number of amides is 1. The van der Waals surface area contributed by atoms with Crippen LogP contribution in [0.2, 0.25) is 0 Å². The molecule has 0 fully saturated rings. The van der Waals surface area contributed by atoms with E-state index >= 15 is 0 Å². The molecule has 15 heavy (non-hydrogen) atoms. The summed E-state index contributed by atoms with van der Waals surface area (Å²) in [6.07, 6.45) is 0. The lowest BCUT2D eigenvalue weighted by atomic mass is 10.2. The standard InChI is InChI=1S/C10H11N3O2/c1-11-10(15)9-7-4-3-6(14)5-8(7)12-13(9)2/h3-5,14H,1-2H3,(H,11,15). The predicted octanol–water partition coefficient (Wildman–Crippen LogP) is 0.638. The average molecular weight is 205 g/mol. The normalized spacial score (nSPS) is 10.5. The topological polar surface area (TPSA) is 67.2 Å². The van der Waals surface area contributed by atoms with Crippen molar-refractivity contribution in [2.24, 2.45) is 7.05 Å². The third-order valence-corrected chi connectivity index (χ3v) is 2.26. The van der Waals surface area contributed by atoms with E-state index in [-0.39, 0.29) is 11.7 Å². The molecule has 0 spiro atoms. The van der Waals surface area contributed by atoms with E-state index in [2.05, 4.69) is 10.4 Å². The lowest BCUT2D eigenvalue weighted by Gasteiger charge is -1.99. The summed E-state index contributed by atoms with van der Waals surface area (Å²) >= 11 is 0. The third kappa shape index (κ3) is 1.41. The second-order valence-corrected chi connectivity index (χ2v) is 3.25. The van der Waals surface area contributed by atoms with Gasteiger partial charge in [-0.15, -0.1) is 0 Å². The first-order valence-corrected chi connectivity index (χ1v) is 4.51. The number of nitrogens with zero attached hydrogens (tertiary/aromatic N) is 2. The number of aryl methyl sites for hydroxylation is 1. The maximum absolute atomic E-state index is 11.6. The summed E-state index contributed by atoms with van der Waals surface area (Å²) in [5, 5.41) is 16.7. The van der Waals surface area contributed by atoms with Crippen LogP contribution in [0.15, 0.2) is 18.2 Å². The lowest BCUT2D eigenvalue weighted by molar-refractivity contribution is 0.0955. The Morgan fingerprint density at radius 2 is 2.27 bits per heavy atom. The Morgan fingerprint density at radius 1 is 1.53 bits per heavy atom. The molecule has 0 atom stereocenters. The van der Waals surface area contributed by atoms with Gasteiger partial charge >= 0.3 is 0 Å². The van der Waals surface area contributed by atoms with Crippen LogP contribution in [0.3, 0.4) is 0 Å². The molecule has 2 aromatic rings. The van der Waals surface area contributed by atoms with Crippen molar-refractivity contribution in [2.45, 2.75) is 0 Å². The second-order valence-electron chi connectivity index (χ2n) is 3.25. The molecule has 0 radical (unpaired) electrons. The van der Waals surface area contributed by atoms with Crippen LogP contribution in [0.25, 0.3) is 10.9 Å². The molecule has 2 N–H and O–H groups in total. The smallest absolute Gasteiger partial charge is 0.269 e. The van der Waals surface area contributed by atoms with Crippen molar-refractivity contribution in [1.82, 2.24) is 15.1 Å². The number of aromatic hydroxyl groups is 1. The van der Waals surface area contributed by atoms with Gasteiger partial charge < -0.3 is 10.4 Å². The van der Waals surface area contributed by atoms with E-state index in [1.807, 2.05) is 0 Å². The Bertz CT molecular complexity index is 531.